The molecule has 1 aliphatic rings. The normalized spacial score (nSPS) is 15.1. The molecule has 3 rings (SSSR count). The number of halogens is 2. The molecule has 1 aromatic carbocycles. The molecule has 0 spiro atoms. The van der Waals surface area contributed by atoms with Crippen LogP contribution in [0.3, 0.4) is 0 Å². The largest absolute Gasteiger partial charge is 0.448 e. The molecular weight excluding hydrogens is 299 g/mol. The van der Waals surface area contributed by atoms with Crippen LogP contribution in [0.25, 0.3) is 0 Å². The zero-order valence-electron chi connectivity index (χ0n) is 10.7. The van der Waals surface area contributed by atoms with Crippen molar-refractivity contribution >= 4 is 34.8 Å². The Hall–Kier alpha value is -1.49. The van der Waals surface area contributed by atoms with Crippen LogP contribution in [0.15, 0.2) is 28.7 Å². The summed E-state index contributed by atoms with van der Waals surface area (Å²) in [6, 6.07) is 6.97. The lowest BCUT2D eigenvalue weighted by molar-refractivity contribution is -0.115. The first-order valence-corrected chi connectivity index (χ1v) is 6.88. The molecule has 2 heterocycles. The van der Waals surface area contributed by atoms with Gasteiger partial charge in [-0.3, -0.25) is 4.79 Å². The summed E-state index contributed by atoms with van der Waals surface area (Å²) in [6.45, 7) is 0. The zero-order valence-corrected chi connectivity index (χ0v) is 12.2. The van der Waals surface area contributed by atoms with Gasteiger partial charge in [0.1, 0.15) is 5.76 Å². The molecule has 104 valence electrons. The Bertz CT molecular complexity index is 682. The molecule has 1 aliphatic heterocycles. The van der Waals surface area contributed by atoms with Gasteiger partial charge in [0.15, 0.2) is 5.22 Å². The van der Waals surface area contributed by atoms with E-state index in [1.807, 2.05) is 13.1 Å². The molecule has 1 aromatic heterocycles. The standard InChI is InChI=1S/C14H12Cl2N2O2/c1-17-14(11-2-3-12(16)20-11)8-4-7-5-13(19)18-10(7)6-9(8)15/h2-4,6,14,17H,5H2,1H3,(H,18,19). The Morgan fingerprint density at radius 2 is 2.15 bits per heavy atom. The van der Waals surface area contributed by atoms with Crippen molar-refractivity contribution in [3.05, 3.63) is 51.4 Å². The van der Waals surface area contributed by atoms with Crippen LogP contribution in [0.2, 0.25) is 10.2 Å². The van der Waals surface area contributed by atoms with Crippen molar-refractivity contribution in [3.8, 4) is 0 Å². The highest BCUT2D eigenvalue weighted by molar-refractivity contribution is 6.32. The molecule has 2 N–H and O–H groups in total. The van der Waals surface area contributed by atoms with E-state index >= 15 is 0 Å². The lowest BCUT2D eigenvalue weighted by Gasteiger charge is -2.17. The fourth-order valence-electron chi connectivity index (χ4n) is 2.42. The quantitative estimate of drug-likeness (QED) is 0.913. The minimum atomic E-state index is -0.212. The number of hydrogen-bond acceptors (Lipinski definition) is 3. The van der Waals surface area contributed by atoms with Crippen molar-refractivity contribution in [2.24, 2.45) is 0 Å². The maximum atomic E-state index is 11.4. The lowest BCUT2D eigenvalue weighted by atomic mass is 10.0. The Morgan fingerprint density at radius 3 is 2.80 bits per heavy atom. The van der Waals surface area contributed by atoms with Gasteiger partial charge in [-0.2, -0.15) is 0 Å². The highest BCUT2D eigenvalue weighted by Crippen LogP contribution is 2.35. The van der Waals surface area contributed by atoms with Gasteiger partial charge in [-0.05, 0) is 54.0 Å². The highest BCUT2D eigenvalue weighted by Gasteiger charge is 2.24. The highest BCUT2D eigenvalue weighted by atomic mass is 35.5. The monoisotopic (exact) mass is 310 g/mol. The van der Waals surface area contributed by atoms with Crippen LogP contribution in [0, 0.1) is 0 Å². The Kier molecular flexibility index (Phi) is 3.46. The molecule has 6 heteroatoms. The van der Waals surface area contributed by atoms with Gasteiger partial charge in [0, 0.05) is 10.7 Å². The number of carbonyl (C=O) groups excluding carboxylic acids is 1. The van der Waals surface area contributed by atoms with E-state index in [9.17, 15) is 4.79 Å². The first-order chi connectivity index (χ1) is 9.58. The molecule has 1 unspecified atom stereocenters. The van der Waals surface area contributed by atoms with Gasteiger partial charge < -0.3 is 15.1 Å². The predicted molar refractivity (Wildman–Crippen MR) is 78.4 cm³/mol. The van der Waals surface area contributed by atoms with Crippen LogP contribution in [0.4, 0.5) is 5.69 Å². The molecule has 0 fully saturated rings. The fourth-order valence-corrected chi connectivity index (χ4v) is 2.85. The lowest BCUT2D eigenvalue weighted by Crippen LogP contribution is -2.17. The number of furan rings is 1. The molecule has 4 nitrogen and oxygen atoms in total. The van der Waals surface area contributed by atoms with E-state index in [1.54, 1.807) is 18.2 Å². The van der Waals surface area contributed by atoms with Crippen molar-refractivity contribution in [1.82, 2.24) is 5.32 Å². The first-order valence-electron chi connectivity index (χ1n) is 6.13. The van der Waals surface area contributed by atoms with Crippen molar-refractivity contribution in [1.29, 1.82) is 0 Å². The molecule has 0 radical (unpaired) electrons. The van der Waals surface area contributed by atoms with E-state index < -0.39 is 0 Å². The van der Waals surface area contributed by atoms with E-state index in [-0.39, 0.29) is 11.9 Å². The average Bonchev–Trinajstić information content (AvgIpc) is 2.96. The number of amides is 1. The van der Waals surface area contributed by atoms with Crippen molar-refractivity contribution in [2.45, 2.75) is 12.5 Å². The third-order valence-electron chi connectivity index (χ3n) is 3.33. The smallest absolute Gasteiger partial charge is 0.228 e. The number of anilines is 1. The van der Waals surface area contributed by atoms with Gasteiger partial charge in [-0.1, -0.05) is 11.6 Å². The molecule has 1 atom stereocenters. The fraction of sp³-hybridized carbons (Fsp3) is 0.214. The molecule has 2 aromatic rings. The van der Waals surface area contributed by atoms with Gasteiger partial charge >= 0.3 is 0 Å². The van der Waals surface area contributed by atoms with Crippen LogP contribution >= 0.6 is 23.2 Å². The number of benzene rings is 1. The molecule has 0 aliphatic carbocycles. The maximum absolute atomic E-state index is 11.4. The van der Waals surface area contributed by atoms with E-state index in [0.29, 0.717) is 22.4 Å². The number of rotatable bonds is 3. The van der Waals surface area contributed by atoms with Crippen LogP contribution in [-0.2, 0) is 11.2 Å². The Labute approximate surface area is 126 Å². The third-order valence-corrected chi connectivity index (χ3v) is 3.86. The summed E-state index contributed by atoms with van der Waals surface area (Å²) in [5.74, 6) is 0.659. The predicted octanol–water partition coefficient (Wildman–Crippen LogP) is 3.39. The Morgan fingerprint density at radius 1 is 1.35 bits per heavy atom. The van der Waals surface area contributed by atoms with Crippen molar-refractivity contribution < 1.29 is 9.21 Å². The van der Waals surface area contributed by atoms with E-state index in [2.05, 4.69) is 10.6 Å². The maximum Gasteiger partial charge on any atom is 0.228 e. The van der Waals surface area contributed by atoms with Crippen LogP contribution < -0.4 is 10.6 Å². The second-order valence-corrected chi connectivity index (χ2v) is 5.40. The molecule has 20 heavy (non-hydrogen) atoms. The van der Waals surface area contributed by atoms with Crippen molar-refractivity contribution in [2.75, 3.05) is 12.4 Å². The van der Waals surface area contributed by atoms with Crippen LogP contribution in [-0.4, -0.2) is 13.0 Å². The van der Waals surface area contributed by atoms with Gasteiger partial charge in [0.25, 0.3) is 0 Å². The molecule has 0 saturated carbocycles. The van der Waals surface area contributed by atoms with Gasteiger partial charge in [-0.25, -0.2) is 0 Å². The second-order valence-electron chi connectivity index (χ2n) is 4.62. The summed E-state index contributed by atoms with van der Waals surface area (Å²) >= 11 is 12.1. The second kappa shape index (κ2) is 5.13. The molecule has 0 saturated heterocycles. The number of nitrogens with one attached hydrogen (secondary N) is 2. The Balaban J connectivity index is 2.05. The number of fused-ring (bicyclic) bond motifs is 1. The van der Waals surface area contributed by atoms with Gasteiger partial charge in [0.2, 0.25) is 5.91 Å². The summed E-state index contributed by atoms with van der Waals surface area (Å²) in [6.07, 6.45) is 0.370. The molecule has 0 bridgehead atoms. The average molecular weight is 311 g/mol. The summed E-state index contributed by atoms with van der Waals surface area (Å²) < 4.78 is 5.45. The van der Waals surface area contributed by atoms with Crippen molar-refractivity contribution in [3.63, 3.8) is 0 Å². The minimum Gasteiger partial charge on any atom is -0.448 e. The zero-order chi connectivity index (χ0) is 14.3. The summed E-state index contributed by atoms with van der Waals surface area (Å²) in [4.78, 5) is 11.4. The first kappa shape index (κ1) is 13.5. The summed E-state index contributed by atoms with van der Waals surface area (Å²) in [5.41, 5.74) is 2.57. The van der Waals surface area contributed by atoms with Gasteiger partial charge in [-0.15, -0.1) is 0 Å². The number of carbonyl (C=O) groups is 1. The molecule has 1 amide bonds. The minimum absolute atomic E-state index is 0.0183. The SMILES string of the molecule is CNC(c1ccc(Cl)o1)c1cc2c(cc1Cl)NC(=O)C2. The topological polar surface area (TPSA) is 54.3 Å². The molecular formula is C14H12Cl2N2O2. The van der Waals surface area contributed by atoms with Crippen LogP contribution in [0.5, 0.6) is 0 Å². The van der Waals surface area contributed by atoms with E-state index in [0.717, 1.165) is 16.8 Å². The van der Waals surface area contributed by atoms with E-state index in [4.69, 9.17) is 27.6 Å². The number of hydrogen-bond donors (Lipinski definition) is 2. The third kappa shape index (κ3) is 2.30. The van der Waals surface area contributed by atoms with Gasteiger partial charge in [0.05, 0.1) is 12.5 Å². The van der Waals surface area contributed by atoms with E-state index in [1.165, 1.54) is 0 Å². The summed E-state index contributed by atoms with van der Waals surface area (Å²) in [7, 11) is 1.81. The van der Waals surface area contributed by atoms with Crippen LogP contribution in [0.1, 0.15) is 22.9 Å². The summed E-state index contributed by atoms with van der Waals surface area (Å²) in [5, 5.41) is 6.82.